The number of aromatic nitrogens is 3. The number of hydrogen-bond acceptors (Lipinski definition) is 4. The zero-order valence-corrected chi connectivity index (χ0v) is 17.2. The van der Waals surface area contributed by atoms with Gasteiger partial charge in [-0.2, -0.15) is 5.10 Å². The summed E-state index contributed by atoms with van der Waals surface area (Å²) < 4.78 is 0. The Bertz CT molecular complexity index is 1210. The van der Waals surface area contributed by atoms with E-state index in [-0.39, 0.29) is 18.1 Å². The Balaban J connectivity index is 1.38. The first kappa shape index (κ1) is 18.5. The number of anilines is 2. The zero-order chi connectivity index (χ0) is 20.7. The molecule has 4 N–H and O–H groups in total. The molecule has 7 nitrogen and oxygen atoms in total. The molecule has 5 rings (SSSR count). The number of fused-ring (bicyclic) bond motifs is 2. The number of carbonyl (C=O) groups is 1. The van der Waals surface area contributed by atoms with Crippen LogP contribution in [0.3, 0.4) is 0 Å². The molecule has 1 aliphatic heterocycles. The second-order valence-electron chi connectivity index (χ2n) is 8.25. The average Bonchev–Trinajstić information content (AvgIpc) is 3.45. The second-order valence-corrected chi connectivity index (χ2v) is 8.25. The maximum absolute atomic E-state index is 12.3. The van der Waals surface area contributed by atoms with Gasteiger partial charge >= 0.3 is 0 Å². The van der Waals surface area contributed by atoms with Crippen LogP contribution in [-0.4, -0.2) is 39.8 Å². The summed E-state index contributed by atoms with van der Waals surface area (Å²) >= 11 is 0. The van der Waals surface area contributed by atoms with E-state index in [0.717, 1.165) is 52.6 Å². The molecule has 0 spiro atoms. The fourth-order valence-electron chi connectivity index (χ4n) is 4.21. The molecule has 3 heterocycles. The monoisotopic (exact) mass is 402 g/mol. The SMILES string of the molecule is CC(C)NC(=O)c1cc2ccc(N3CCCC3Nc3ccc4[nH]ncc4c3)cc2[nH]1. The van der Waals surface area contributed by atoms with Crippen molar-refractivity contribution in [2.24, 2.45) is 0 Å². The van der Waals surface area contributed by atoms with Crippen molar-refractivity contribution in [2.45, 2.75) is 38.9 Å². The lowest BCUT2D eigenvalue weighted by molar-refractivity contribution is 0.0939. The van der Waals surface area contributed by atoms with Gasteiger partial charge in [0, 0.05) is 40.3 Å². The topological polar surface area (TPSA) is 88.8 Å². The quantitative estimate of drug-likeness (QED) is 0.402. The van der Waals surface area contributed by atoms with Gasteiger partial charge in [-0.25, -0.2) is 0 Å². The molecule has 0 saturated carbocycles. The first-order valence-corrected chi connectivity index (χ1v) is 10.5. The molecule has 0 bridgehead atoms. The molecule has 1 aliphatic rings. The van der Waals surface area contributed by atoms with Gasteiger partial charge < -0.3 is 20.5 Å². The molecule has 4 aromatic rings. The van der Waals surface area contributed by atoms with Crippen molar-refractivity contribution in [3.63, 3.8) is 0 Å². The molecule has 0 radical (unpaired) electrons. The lowest BCUT2D eigenvalue weighted by atomic mass is 10.2. The van der Waals surface area contributed by atoms with Crippen LogP contribution in [0.1, 0.15) is 37.2 Å². The third kappa shape index (κ3) is 3.47. The summed E-state index contributed by atoms with van der Waals surface area (Å²) in [4.78, 5) is 18.0. The minimum Gasteiger partial charge on any atom is -0.365 e. The summed E-state index contributed by atoms with van der Waals surface area (Å²) in [6, 6.07) is 14.7. The smallest absolute Gasteiger partial charge is 0.267 e. The van der Waals surface area contributed by atoms with Gasteiger partial charge in [-0.3, -0.25) is 9.89 Å². The number of amides is 1. The number of hydrogen-bond donors (Lipinski definition) is 4. The Morgan fingerprint density at radius 1 is 1.13 bits per heavy atom. The van der Waals surface area contributed by atoms with E-state index in [1.807, 2.05) is 26.1 Å². The first-order chi connectivity index (χ1) is 14.6. The predicted octanol–water partition coefficient (Wildman–Crippen LogP) is 4.22. The van der Waals surface area contributed by atoms with Gasteiger partial charge in [-0.05, 0) is 63.1 Å². The standard InChI is InChI=1S/C23H26N6O/c1-14(2)25-23(30)21-11-15-5-7-18(12-20(15)27-21)29-9-3-4-22(29)26-17-6-8-19-16(10-17)13-24-28-19/h5-8,10-14,22,26-27H,3-4,9H2,1-2H3,(H,24,28)(H,25,30). The van der Waals surface area contributed by atoms with Crippen molar-refractivity contribution in [1.29, 1.82) is 0 Å². The van der Waals surface area contributed by atoms with E-state index in [0.29, 0.717) is 5.69 Å². The zero-order valence-electron chi connectivity index (χ0n) is 17.2. The Labute approximate surface area is 174 Å². The number of nitrogens with zero attached hydrogens (tertiary/aromatic N) is 2. The molecule has 1 amide bonds. The summed E-state index contributed by atoms with van der Waals surface area (Å²) in [5.74, 6) is -0.0712. The van der Waals surface area contributed by atoms with E-state index in [1.54, 1.807) is 0 Å². The van der Waals surface area contributed by atoms with Crippen LogP contribution < -0.4 is 15.5 Å². The van der Waals surface area contributed by atoms with Gasteiger partial charge in [-0.15, -0.1) is 0 Å². The van der Waals surface area contributed by atoms with Gasteiger partial charge in [0.2, 0.25) is 0 Å². The molecule has 0 aliphatic carbocycles. The Hall–Kier alpha value is -3.48. The normalized spacial score (nSPS) is 16.6. The number of benzene rings is 2. The minimum absolute atomic E-state index is 0.0712. The molecule has 1 fully saturated rings. The van der Waals surface area contributed by atoms with Gasteiger partial charge in [-0.1, -0.05) is 6.07 Å². The molecule has 7 heteroatoms. The molecule has 1 atom stereocenters. The molecule has 2 aromatic carbocycles. The fraction of sp³-hybridized carbons (Fsp3) is 0.304. The van der Waals surface area contributed by atoms with Crippen molar-refractivity contribution < 1.29 is 4.79 Å². The van der Waals surface area contributed by atoms with E-state index in [9.17, 15) is 4.79 Å². The third-order valence-corrected chi connectivity index (χ3v) is 5.63. The number of nitrogens with one attached hydrogen (secondary N) is 4. The van der Waals surface area contributed by atoms with Crippen molar-refractivity contribution in [2.75, 3.05) is 16.8 Å². The second kappa shape index (κ2) is 7.40. The van der Waals surface area contributed by atoms with Crippen LogP contribution in [0.15, 0.2) is 48.7 Å². The summed E-state index contributed by atoms with van der Waals surface area (Å²) in [7, 11) is 0. The molecule has 2 aromatic heterocycles. The molecule has 1 unspecified atom stereocenters. The van der Waals surface area contributed by atoms with Crippen LogP contribution in [0, 0.1) is 0 Å². The highest BCUT2D eigenvalue weighted by Crippen LogP contribution is 2.30. The highest BCUT2D eigenvalue weighted by Gasteiger charge is 2.25. The number of carbonyl (C=O) groups excluding carboxylic acids is 1. The van der Waals surface area contributed by atoms with Gasteiger partial charge in [0.1, 0.15) is 5.69 Å². The van der Waals surface area contributed by atoms with Crippen molar-refractivity contribution in [3.8, 4) is 0 Å². The minimum atomic E-state index is -0.0712. The van der Waals surface area contributed by atoms with Crippen LogP contribution in [0.25, 0.3) is 21.8 Å². The third-order valence-electron chi connectivity index (χ3n) is 5.63. The lowest BCUT2D eigenvalue weighted by Crippen LogP contribution is -2.35. The van der Waals surface area contributed by atoms with Crippen LogP contribution in [0.2, 0.25) is 0 Å². The van der Waals surface area contributed by atoms with E-state index < -0.39 is 0 Å². The Kier molecular flexibility index (Phi) is 4.58. The van der Waals surface area contributed by atoms with E-state index in [2.05, 4.69) is 67.1 Å². The number of rotatable bonds is 5. The van der Waals surface area contributed by atoms with Gasteiger partial charge in [0.15, 0.2) is 0 Å². The number of H-pyrrole nitrogens is 2. The maximum Gasteiger partial charge on any atom is 0.267 e. The van der Waals surface area contributed by atoms with E-state index >= 15 is 0 Å². The summed E-state index contributed by atoms with van der Waals surface area (Å²) in [6.45, 7) is 4.92. The molecule has 154 valence electrons. The lowest BCUT2D eigenvalue weighted by Gasteiger charge is -2.28. The Morgan fingerprint density at radius 2 is 2.03 bits per heavy atom. The largest absolute Gasteiger partial charge is 0.365 e. The van der Waals surface area contributed by atoms with Crippen molar-refractivity contribution in [1.82, 2.24) is 20.5 Å². The summed E-state index contributed by atoms with van der Waals surface area (Å²) in [5, 5.41) is 15.8. The van der Waals surface area contributed by atoms with E-state index in [4.69, 9.17) is 0 Å². The maximum atomic E-state index is 12.3. The fourth-order valence-corrected chi connectivity index (χ4v) is 4.21. The molecular formula is C23H26N6O. The molecule has 1 saturated heterocycles. The molecule has 30 heavy (non-hydrogen) atoms. The Morgan fingerprint density at radius 3 is 2.90 bits per heavy atom. The number of aromatic amines is 2. The average molecular weight is 403 g/mol. The van der Waals surface area contributed by atoms with Gasteiger partial charge in [0.25, 0.3) is 5.91 Å². The highest BCUT2D eigenvalue weighted by atomic mass is 16.1. The van der Waals surface area contributed by atoms with Crippen LogP contribution in [-0.2, 0) is 0 Å². The molecular weight excluding hydrogens is 376 g/mol. The van der Waals surface area contributed by atoms with Crippen molar-refractivity contribution in [3.05, 3.63) is 54.4 Å². The van der Waals surface area contributed by atoms with Crippen LogP contribution >= 0.6 is 0 Å². The van der Waals surface area contributed by atoms with Crippen molar-refractivity contribution >= 4 is 39.1 Å². The van der Waals surface area contributed by atoms with Crippen LogP contribution in [0.5, 0.6) is 0 Å². The highest BCUT2D eigenvalue weighted by molar-refractivity contribution is 5.98. The summed E-state index contributed by atoms with van der Waals surface area (Å²) in [6.07, 6.45) is 4.29. The predicted molar refractivity (Wildman–Crippen MR) is 121 cm³/mol. The van der Waals surface area contributed by atoms with E-state index in [1.165, 1.54) is 0 Å². The summed E-state index contributed by atoms with van der Waals surface area (Å²) in [5.41, 5.74) is 4.86. The van der Waals surface area contributed by atoms with Gasteiger partial charge in [0.05, 0.1) is 17.9 Å². The van der Waals surface area contributed by atoms with Crippen LogP contribution in [0.4, 0.5) is 11.4 Å². The first-order valence-electron chi connectivity index (χ1n) is 10.5.